The molecule has 1 aromatic carbocycles. The lowest BCUT2D eigenvalue weighted by atomic mass is 9.82. The van der Waals surface area contributed by atoms with Gasteiger partial charge in [-0.3, -0.25) is 24.6 Å². The molecule has 2 aliphatic rings. The van der Waals surface area contributed by atoms with E-state index in [9.17, 15) is 9.59 Å². The van der Waals surface area contributed by atoms with Crippen LogP contribution in [0, 0.1) is 12.3 Å². The van der Waals surface area contributed by atoms with E-state index in [0.29, 0.717) is 39.0 Å². The molecule has 0 saturated carbocycles. The lowest BCUT2D eigenvalue weighted by molar-refractivity contribution is -0.132. The number of aromatic nitrogens is 3. The normalized spacial score (nSPS) is 19.3. The molecule has 41 heavy (non-hydrogen) atoms. The van der Waals surface area contributed by atoms with E-state index in [1.165, 1.54) is 11.1 Å². The molecule has 6 rings (SSSR count). The highest BCUT2D eigenvalue weighted by atomic mass is 32.1. The van der Waals surface area contributed by atoms with Crippen molar-refractivity contribution in [1.29, 1.82) is 0 Å². The van der Waals surface area contributed by atoms with Crippen molar-refractivity contribution >= 4 is 45.3 Å². The van der Waals surface area contributed by atoms with Crippen molar-refractivity contribution in [3.8, 4) is 11.3 Å². The molecule has 4 aromatic rings. The van der Waals surface area contributed by atoms with Crippen LogP contribution in [0.3, 0.4) is 0 Å². The fraction of sp³-hybridized carbons (Fsp3) is 0.312. The quantitative estimate of drug-likeness (QED) is 0.274. The number of aromatic amines is 1. The van der Waals surface area contributed by atoms with Gasteiger partial charge in [0.05, 0.1) is 17.5 Å². The zero-order chi connectivity index (χ0) is 28.4. The van der Waals surface area contributed by atoms with E-state index in [0.717, 1.165) is 46.4 Å². The van der Waals surface area contributed by atoms with Crippen LogP contribution in [-0.2, 0) is 9.59 Å². The topological polar surface area (TPSA) is 94.2 Å². The number of carbonyl (C=O) groups is 2. The third kappa shape index (κ3) is 5.47. The van der Waals surface area contributed by atoms with Gasteiger partial charge in [-0.05, 0) is 90.5 Å². The molecule has 0 spiro atoms. The monoisotopic (exact) mass is 566 g/mol. The van der Waals surface area contributed by atoms with E-state index >= 15 is 0 Å². The average molecular weight is 567 g/mol. The highest BCUT2D eigenvalue weighted by Crippen LogP contribution is 2.37. The van der Waals surface area contributed by atoms with Crippen LogP contribution in [0.1, 0.15) is 30.4 Å². The van der Waals surface area contributed by atoms with E-state index < -0.39 is 5.41 Å². The number of carbonyl (C=O) groups excluding carboxylic acids is 2. The number of allylic oxidation sites excluding steroid dienone is 1. The van der Waals surface area contributed by atoms with Crippen molar-refractivity contribution in [2.45, 2.75) is 26.2 Å². The summed E-state index contributed by atoms with van der Waals surface area (Å²) in [5.41, 5.74) is 6.42. The number of rotatable bonds is 8. The van der Waals surface area contributed by atoms with Crippen LogP contribution >= 0.6 is 11.3 Å². The maximum absolute atomic E-state index is 13.8. The SMILES string of the molecule is C=CCC1(C(=O)Nc2ccc3[nH]nc(-c4ccncc4C)c3c2)CCN(CC(=O)N2CC=C(c3ccsc3)CC2)C1. The largest absolute Gasteiger partial charge is 0.338 e. The minimum atomic E-state index is -0.633. The van der Waals surface area contributed by atoms with Gasteiger partial charge < -0.3 is 10.2 Å². The Hall–Kier alpha value is -4.08. The van der Waals surface area contributed by atoms with Gasteiger partial charge in [0, 0.05) is 48.7 Å². The Morgan fingerprint density at radius 1 is 1.24 bits per heavy atom. The van der Waals surface area contributed by atoms with E-state index in [4.69, 9.17) is 0 Å². The van der Waals surface area contributed by atoms with E-state index in [-0.39, 0.29) is 11.8 Å². The second kappa shape index (κ2) is 11.4. The first-order valence-corrected chi connectivity index (χ1v) is 14.9. The molecule has 210 valence electrons. The van der Waals surface area contributed by atoms with Crippen LogP contribution in [0.25, 0.3) is 27.7 Å². The highest BCUT2D eigenvalue weighted by Gasteiger charge is 2.44. The molecule has 1 atom stereocenters. The summed E-state index contributed by atoms with van der Waals surface area (Å²) in [6, 6.07) is 9.89. The molecule has 2 aliphatic heterocycles. The smallest absolute Gasteiger partial charge is 0.237 e. The van der Waals surface area contributed by atoms with Crippen molar-refractivity contribution in [3.63, 3.8) is 0 Å². The third-order valence-corrected chi connectivity index (χ3v) is 9.04. The van der Waals surface area contributed by atoms with Gasteiger partial charge in [0.25, 0.3) is 0 Å². The fourth-order valence-corrected chi connectivity index (χ4v) is 6.69. The van der Waals surface area contributed by atoms with Crippen LogP contribution in [-0.4, -0.2) is 69.5 Å². The van der Waals surface area contributed by atoms with Crippen molar-refractivity contribution in [2.24, 2.45) is 5.41 Å². The molecule has 5 heterocycles. The van der Waals surface area contributed by atoms with Gasteiger partial charge in [-0.2, -0.15) is 16.4 Å². The molecule has 8 nitrogen and oxygen atoms in total. The number of hydrogen-bond donors (Lipinski definition) is 2. The second-order valence-corrected chi connectivity index (χ2v) is 11.8. The third-order valence-electron chi connectivity index (χ3n) is 8.36. The molecule has 0 aliphatic carbocycles. The molecule has 2 amide bonds. The Balaban J connectivity index is 1.13. The summed E-state index contributed by atoms with van der Waals surface area (Å²) in [6.07, 6.45) is 9.66. The molecule has 1 unspecified atom stereocenters. The number of likely N-dealkylation sites (tertiary alicyclic amines) is 1. The summed E-state index contributed by atoms with van der Waals surface area (Å²) in [4.78, 5) is 35.2. The summed E-state index contributed by atoms with van der Waals surface area (Å²) < 4.78 is 0. The number of aryl methyl sites for hydroxylation is 1. The minimum absolute atomic E-state index is 0.0434. The predicted molar refractivity (Wildman–Crippen MR) is 164 cm³/mol. The van der Waals surface area contributed by atoms with Gasteiger partial charge >= 0.3 is 0 Å². The van der Waals surface area contributed by atoms with E-state index in [2.05, 4.69) is 54.9 Å². The molecule has 0 radical (unpaired) electrons. The number of benzene rings is 1. The van der Waals surface area contributed by atoms with Crippen molar-refractivity contribution in [1.82, 2.24) is 25.0 Å². The lowest BCUT2D eigenvalue weighted by Crippen LogP contribution is -2.43. The van der Waals surface area contributed by atoms with Crippen LogP contribution < -0.4 is 5.32 Å². The average Bonchev–Trinajstić information content (AvgIpc) is 3.75. The van der Waals surface area contributed by atoms with Crippen LogP contribution in [0.5, 0.6) is 0 Å². The van der Waals surface area contributed by atoms with E-state index in [1.54, 1.807) is 17.5 Å². The number of amides is 2. The summed E-state index contributed by atoms with van der Waals surface area (Å²) in [5.74, 6) is 0.0721. The molecule has 0 bridgehead atoms. The lowest BCUT2D eigenvalue weighted by Gasteiger charge is -2.30. The second-order valence-electron chi connectivity index (χ2n) is 11.0. The van der Waals surface area contributed by atoms with Gasteiger partial charge in [0.2, 0.25) is 11.8 Å². The summed E-state index contributed by atoms with van der Waals surface area (Å²) in [6.45, 7) is 8.85. The maximum Gasteiger partial charge on any atom is 0.237 e. The fourth-order valence-electron chi connectivity index (χ4n) is 6.01. The summed E-state index contributed by atoms with van der Waals surface area (Å²) in [7, 11) is 0. The van der Waals surface area contributed by atoms with Crippen molar-refractivity contribution < 1.29 is 9.59 Å². The van der Waals surface area contributed by atoms with Crippen molar-refractivity contribution in [2.75, 3.05) is 38.0 Å². The number of nitrogens with zero attached hydrogens (tertiary/aromatic N) is 4. The molecule has 9 heteroatoms. The molecule has 1 saturated heterocycles. The van der Waals surface area contributed by atoms with Gasteiger partial charge in [-0.1, -0.05) is 12.2 Å². The zero-order valence-corrected chi connectivity index (χ0v) is 24.0. The Kier molecular flexibility index (Phi) is 7.55. The zero-order valence-electron chi connectivity index (χ0n) is 23.2. The summed E-state index contributed by atoms with van der Waals surface area (Å²) in [5, 5.41) is 16.0. The number of hydrogen-bond acceptors (Lipinski definition) is 6. The van der Waals surface area contributed by atoms with Gasteiger partial charge in [0.15, 0.2) is 0 Å². The minimum Gasteiger partial charge on any atom is -0.338 e. The number of H-pyrrole nitrogens is 1. The Morgan fingerprint density at radius 3 is 2.90 bits per heavy atom. The number of pyridine rings is 1. The number of anilines is 1. The predicted octanol–water partition coefficient (Wildman–Crippen LogP) is 5.52. The van der Waals surface area contributed by atoms with Crippen molar-refractivity contribution in [3.05, 3.63) is 83.3 Å². The first kappa shape index (κ1) is 27.1. The molecule has 1 fully saturated rings. The highest BCUT2D eigenvalue weighted by molar-refractivity contribution is 7.08. The molecule has 2 N–H and O–H groups in total. The Morgan fingerprint density at radius 2 is 2.15 bits per heavy atom. The number of fused-ring (bicyclic) bond motifs is 1. The number of thiophene rings is 1. The van der Waals surface area contributed by atoms with Crippen LogP contribution in [0.15, 0.2) is 72.2 Å². The summed E-state index contributed by atoms with van der Waals surface area (Å²) >= 11 is 1.69. The molecular weight excluding hydrogens is 532 g/mol. The maximum atomic E-state index is 13.8. The van der Waals surface area contributed by atoms with E-state index in [1.807, 2.05) is 48.4 Å². The Labute approximate surface area is 243 Å². The molecule has 3 aromatic heterocycles. The van der Waals surface area contributed by atoms with Crippen LogP contribution in [0.2, 0.25) is 0 Å². The first-order valence-electron chi connectivity index (χ1n) is 14.0. The first-order chi connectivity index (χ1) is 20.0. The van der Waals surface area contributed by atoms with Crippen LogP contribution in [0.4, 0.5) is 5.69 Å². The van der Waals surface area contributed by atoms with Gasteiger partial charge in [0.1, 0.15) is 5.69 Å². The Bertz CT molecular complexity index is 1620. The standard InChI is InChI=1S/C32H34N6O2S/c1-3-10-32(11-15-37(21-32)19-29(39)38-13-7-23(8-14-38)24-9-16-41-20-24)31(40)34-25-4-5-28-27(17-25)30(36-35-28)26-6-12-33-18-22(26)2/h3-7,9,12,16-18,20H,1,8,10-11,13-15,19,21H2,2H3,(H,34,40)(H,35,36). The number of nitrogens with one attached hydrogen (secondary N) is 2. The molecular formula is C32H34N6O2S. The van der Waals surface area contributed by atoms with Gasteiger partial charge in [-0.15, -0.1) is 6.58 Å². The van der Waals surface area contributed by atoms with Gasteiger partial charge in [-0.25, -0.2) is 0 Å².